The average molecular weight is 317 g/mol. The molecule has 2 nitrogen and oxygen atoms in total. The zero-order valence-electron chi connectivity index (χ0n) is 11.2. The number of nitrogens with two attached hydrogens (primary N) is 1. The van der Waals surface area contributed by atoms with Crippen LogP contribution < -0.4 is 10.6 Å². The number of rotatable bonds is 1. The summed E-state index contributed by atoms with van der Waals surface area (Å²) in [7, 11) is 0. The molecule has 2 aromatic rings. The Morgan fingerprint density at radius 3 is 2.74 bits per heavy atom. The molecule has 1 heterocycles. The van der Waals surface area contributed by atoms with E-state index in [1.807, 2.05) is 6.07 Å². The van der Waals surface area contributed by atoms with Gasteiger partial charge in [0.15, 0.2) is 0 Å². The van der Waals surface area contributed by atoms with Crippen molar-refractivity contribution in [2.24, 2.45) is 0 Å². The first-order valence-corrected chi connectivity index (χ1v) is 7.30. The third kappa shape index (κ3) is 2.02. The lowest BCUT2D eigenvalue weighted by molar-refractivity contribution is 0.757. The number of fused-ring (bicyclic) bond motifs is 1. The molecule has 0 radical (unpaired) electrons. The van der Waals surface area contributed by atoms with Crippen LogP contribution in [-0.4, -0.2) is 6.04 Å². The molecule has 1 aliphatic rings. The fraction of sp³-hybridized carbons (Fsp3) is 0.250. The number of nitrogens with zero attached hydrogens (tertiary/aromatic N) is 1. The maximum absolute atomic E-state index is 5.97. The second-order valence-corrected chi connectivity index (χ2v) is 6.07. The summed E-state index contributed by atoms with van der Waals surface area (Å²) in [4.78, 5) is 2.39. The van der Waals surface area contributed by atoms with Gasteiger partial charge in [0, 0.05) is 21.9 Å². The van der Waals surface area contributed by atoms with E-state index in [0.717, 1.165) is 22.1 Å². The average Bonchev–Trinajstić information content (AvgIpc) is 2.70. The molecule has 1 unspecified atom stereocenters. The Morgan fingerprint density at radius 1 is 1.21 bits per heavy atom. The molecule has 19 heavy (non-hydrogen) atoms. The summed E-state index contributed by atoms with van der Waals surface area (Å²) in [6.45, 7) is 4.32. The van der Waals surface area contributed by atoms with E-state index in [1.165, 1.54) is 16.9 Å². The van der Waals surface area contributed by atoms with Gasteiger partial charge in [0.05, 0.1) is 5.69 Å². The van der Waals surface area contributed by atoms with Gasteiger partial charge in [0.2, 0.25) is 0 Å². The summed E-state index contributed by atoms with van der Waals surface area (Å²) in [5.74, 6) is 0. The van der Waals surface area contributed by atoms with Crippen LogP contribution in [0.25, 0.3) is 0 Å². The van der Waals surface area contributed by atoms with Crippen LogP contribution in [0, 0.1) is 6.92 Å². The number of hydrogen-bond acceptors (Lipinski definition) is 2. The minimum absolute atomic E-state index is 0.469. The van der Waals surface area contributed by atoms with Gasteiger partial charge >= 0.3 is 0 Å². The molecule has 0 amide bonds. The third-order valence-electron chi connectivity index (χ3n) is 3.80. The monoisotopic (exact) mass is 316 g/mol. The smallest absolute Gasteiger partial charge is 0.0562 e. The summed E-state index contributed by atoms with van der Waals surface area (Å²) in [5, 5.41) is 0. The highest BCUT2D eigenvalue weighted by Crippen LogP contribution is 2.42. The van der Waals surface area contributed by atoms with Crippen molar-refractivity contribution >= 4 is 33.0 Å². The second kappa shape index (κ2) is 4.57. The molecule has 0 spiro atoms. The van der Waals surface area contributed by atoms with E-state index in [2.05, 4.69) is 65.0 Å². The molecule has 98 valence electrons. The van der Waals surface area contributed by atoms with Crippen LogP contribution in [0.1, 0.15) is 18.1 Å². The van der Waals surface area contributed by atoms with Gasteiger partial charge in [-0.15, -0.1) is 0 Å². The van der Waals surface area contributed by atoms with E-state index >= 15 is 0 Å². The van der Waals surface area contributed by atoms with Gasteiger partial charge in [-0.25, -0.2) is 0 Å². The predicted octanol–water partition coefficient (Wildman–Crippen LogP) is 4.42. The summed E-state index contributed by atoms with van der Waals surface area (Å²) in [6.07, 6.45) is 1.09. The number of nitrogen functional groups attached to an aromatic ring is 1. The van der Waals surface area contributed by atoms with E-state index in [1.54, 1.807) is 0 Å². The number of hydrogen-bond donors (Lipinski definition) is 1. The molecular weight excluding hydrogens is 300 g/mol. The van der Waals surface area contributed by atoms with Crippen molar-refractivity contribution in [3.63, 3.8) is 0 Å². The molecule has 3 rings (SSSR count). The summed E-state index contributed by atoms with van der Waals surface area (Å²) >= 11 is 3.65. The standard InChI is InChI=1S/C16H17BrN2/c1-10-7-16(13(17)9-14(10)18)19-11(2)8-12-5-3-4-6-15(12)19/h3-7,9,11H,8,18H2,1-2H3. The minimum Gasteiger partial charge on any atom is -0.398 e. The fourth-order valence-corrected chi connectivity index (χ4v) is 3.35. The topological polar surface area (TPSA) is 29.3 Å². The molecule has 0 bridgehead atoms. The lowest BCUT2D eigenvalue weighted by atomic mass is 10.1. The Balaban J connectivity index is 2.15. The van der Waals surface area contributed by atoms with Crippen molar-refractivity contribution < 1.29 is 0 Å². The summed E-state index contributed by atoms with van der Waals surface area (Å²) < 4.78 is 1.05. The molecule has 0 aliphatic carbocycles. The Bertz CT molecular complexity index is 637. The van der Waals surface area contributed by atoms with Crippen molar-refractivity contribution in [1.29, 1.82) is 0 Å². The normalized spacial score (nSPS) is 17.6. The first-order valence-electron chi connectivity index (χ1n) is 6.50. The van der Waals surface area contributed by atoms with Gasteiger partial charge < -0.3 is 10.6 Å². The number of para-hydroxylation sites is 1. The molecule has 3 heteroatoms. The highest BCUT2D eigenvalue weighted by molar-refractivity contribution is 9.10. The van der Waals surface area contributed by atoms with Crippen molar-refractivity contribution in [1.82, 2.24) is 0 Å². The SMILES string of the molecule is Cc1cc(N2c3ccccc3CC2C)c(Br)cc1N. The van der Waals surface area contributed by atoms with Gasteiger partial charge in [-0.05, 0) is 65.5 Å². The van der Waals surface area contributed by atoms with Crippen LogP contribution in [0.5, 0.6) is 0 Å². The molecule has 2 aromatic carbocycles. The van der Waals surface area contributed by atoms with Gasteiger partial charge in [-0.1, -0.05) is 18.2 Å². The number of halogens is 1. The zero-order chi connectivity index (χ0) is 13.6. The van der Waals surface area contributed by atoms with E-state index in [0.29, 0.717) is 6.04 Å². The molecule has 0 saturated heterocycles. The molecule has 1 atom stereocenters. The first kappa shape index (κ1) is 12.5. The molecule has 0 aromatic heterocycles. The largest absolute Gasteiger partial charge is 0.398 e. The van der Waals surface area contributed by atoms with E-state index < -0.39 is 0 Å². The van der Waals surface area contributed by atoms with E-state index in [9.17, 15) is 0 Å². The predicted molar refractivity (Wildman–Crippen MR) is 85.0 cm³/mol. The van der Waals surface area contributed by atoms with E-state index in [4.69, 9.17) is 5.73 Å². The van der Waals surface area contributed by atoms with Crippen LogP contribution in [0.15, 0.2) is 40.9 Å². The Morgan fingerprint density at radius 2 is 1.95 bits per heavy atom. The number of anilines is 3. The Labute approximate surface area is 122 Å². The van der Waals surface area contributed by atoms with Crippen LogP contribution >= 0.6 is 15.9 Å². The Hall–Kier alpha value is -1.48. The van der Waals surface area contributed by atoms with E-state index in [-0.39, 0.29) is 0 Å². The highest BCUT2D eigenvalue weighted by Gasteiger charge is 2.28. The van der Waals surface area contributed by atoms with Gasteiger partial charge in [-0.3, -0.25) is 0 Å². The van der Waals surface area contributed by atoms with Crippen molar-refractivity contribution in [3.05, 3.63) is 52.0 Å². The molecular formula is C16H17BrN2. The maximum Gasteiger partial charge on any atom is 0.0562 e. The maximum atomic E-state index is 5.97. The lowest BCUT2D eigenvalue weighted by Gasteiger charge is -2.27. The van der Waals surface area contributed by atoms with Crippen molar-refractivity contribution in [2.75, 3.05) is 10.6 Å². The Kier molecular flexibility index (Phi) is 3.02. The van der Waals surface area contributed by atoms with Crippen LogP contribution in [0.3, 0.4) is 0 Å². The number of aryl methyl sites for hydroxylation is 1. The van der Waals surface area contributed by atoms with Gasteiger partial charge in [0.25, 0.3) is 0 Å². The second-order valence-electron chi connectivity index (χ2n) is 5.21. The molecule has 1 aliphatic heterocycles. The zero-order valence-corrected chi connectivity index (χ0v) is 12.7. The lowest BCUT2D eigenvalue weighted by Crippen LogP contribution is -2.24. The van der Waals surface area contributed by atoms with Crippen molar-refractivity contribution in [2.45, 2.75) is 26.3 Å². The van der Waals surface area contributed by atoms with Gasteiger partial charge in [0.1, 0.15) is 0 Å². The number of benzene rings is 2. The molecule has 0 fully saturated rings. The van der Waals surface area contributed by atoms with Crippen LogP contribution in [0.4, 0.5) is 17.1 Å². The summed E-state index contributed by atoms with van der Waals surface area (Å²) in [5.41, 5.74) is 11.8. The highest BCUT2D eigenvalue weighted by atomic mass is 79.9. The first-order chi connectivity index (χ1) is 9.08. The van der Waals surface area contributed by atoms with Crippen LogP contribution in [-0.2, 0) is 6.42 Å². The van der Waals surface area contributed by atoms with Crippen LogP contribution in [0.2, 0.25) is 0 Å². The van der Waals surface area contributed by atoms with Crippen molar-refractivity contribution in [3.8, 4) is 0 Å². The quantitative estimate of drug-likeness (QED) is 0.789. The third-order valence-corrected chi connectivity index (χ3v) is 4.44. The molecule has 2 N–H and O–H groups in total. The molecule has 0 saturated carbocycles. The fourth-order valence-electron chi connectivity index (χ4n) is 2.80. The minimum atomic E-state index is 0.469. The summed E-state index contributed by atoms with van der Waals surface area (Å²) in [6, 6.07) is 13.2. The van der Waals surface area contributed by atoms with Gasteiger partial charge in [-0.2, -0.15) is 0 Å².